The minimum absolute atomic E-state index is 0.0695. The molecule has 1 heterocycles. The summed E-state index contributed by atoms with van der Waals surface area (Å²) < 4.78 is 18.0. The van der Waals surface area contributed by atoms with Crippen molar-refractivity contribution >= 4 is 8.32 Å². The first-order chi connectivity index (χ1) is 9.07. The van der Waals surface area contributed by atoms with Crippen molar-refractivity contribution < 1.29 is 19.0 Å². The zero-order valence-corrected chi connectivity index (χ0v) is 14.7. The highest BCUT2D eigenvalue weighted by atomic mass is 28.4. The molecular formula is C15H30O4Si. The maximum Gasteiger partial charge on any atom is 0.191 e. The average Bonchev–Trinajstić information content (AvgIpc) is 2.55. The first-order valence-electron chi connectivity index (χ1n) is 7.75. The maximum absolute atomic E-state index is 9.78. The summed E-state index contributed by atoms with van der Waals surface area (Å²) in [7, 11) is -1.68. The van der Waals surface area contributed by atoms with Gasteiger partial charge in [-0.3, -0.25) is 0 Å². The molecule has 1 saturated carbocycles. The summed E-state index contributed by atoms with van der Waals surface area (Å²) in [5, 5.41) is 10.0. The molecule has 2 atom stereocenters. The summed E-state index contributed by atoms with van der Waals surface area (Å²) in [5.41, 5.74) is 0. The third-order valence-electron chi connectivity index (χ3n) is 5.34. The molecule has 20 heavy (non-hydrogen) atoms. The second-order valence-electron chi connectivity index (χ2n) is 7.77. The summed E-state index contributed by atoms with van der Waals surface area (Å²) in [6, 6.07) is 0. The molecule has 1 aliphatic carbocycles. The fourth-order valence-electron chi connectivity index (χ4n) is 2.65. The lowest BCUT2D eigenvalue weighted by atomic mass is 10.0. The van der Waals surface area contributed by atoms with Gasteiger partial charge in [-0.15, -0.1) is 0 Å². The van der Waals surface area contributed by atoms with E-state index in [0.29, 0.717) is 6.61 Å². The zero-order valence-electron chi connectivity index (χ0n) is 13.7. The van der Waals surface area contributed by atoms with Crippen molar-refractivity contribution in [3.8, 4) is 0 Å². The molecule has 1 spiro atoms. The molecule has 4 nitrogen and oxygen atoms in total. The van der Waals surface area contributed by atoms with E-state index in [1.807, 2.05) is 6.92 Å². The molecule has 0 aromatic heterocycles. The number of ether oxygens (including phenoxy) is 2. The van der Waals surface area contributed by atoms with Crippen molar-refractivity contribution in [1.29, 1.82) is 0 Å². The van der Waals surface area contributed by atoms with Crippen LogP contribution < -0.4 is 0 Å². The van der Waals surface area contributed by atoms with Gasteiger partial charge in [0.25, 0.3) is 0 Å². The van der Waals surface area contributed by atoms with Gasteiger partial charge in [-0.05, 0) is 24.6 Å². The number of aliphatic hydroxyl groups excluding tert-OH is 1. The van der Waals surface area contributed by atoms with E-state index in [-0.39, 0.29) is 23.4 Å². The van der Waals surface area contributed by atoms with Gasteiger partial charge in [-0.1, -0.05) is 27.7 Å². The van der Waals surface area contributed by atoms with Crippen molar-refractivity contribution in [3.63, 3.8) is 0 Å². The molecule has 2 rings (SSSR count). The number of hydrogen-bond donors (Lipinski definition) is 1. The van der Waals surface area contributed by atoms with Crippen LogP contribution in [0.1, 0.15) is 47.0 Å². The van der Waals surface area contributed by atoms with E-state index < -0.39 is 14.1 Å². The summed E-state index contributed by atoms with van der Waals surface area (Å²) in [6.07, 6.45) is 1.90. The van der Waals surface area contributed by atoms with Gasteiger partial charge in [0.15, 0.2) is 20.4 Å². The van der Waals surface area contributed by atoms with Gasteiger partial charge in [0.1, 0.15) is 0 Å². The lowest BCUT2D eigenvalue weighted by Crippen LogP contribution is -2.56. The summed E-state index contributed by atoms with van der Waals surface area (Å²) in [5.74, 6) is -0.443. The predicted molar refractivity (Wildman–Crippen MR) is 80.9 cm³/mol. The lowest BCUT2D eigenvalue weighted by molar-refractivity contribution is -0.464. The normalized spacial score (nSPS) is 38.2. The highest BCUT2D eigenvalue weighted by Crippen LogP contribution is 2.48. The first-order valence-corrected chi connectivity index (χ1v) is 10.7. The van der Waals surface area contributed by atoms with Crippen LogP contribution in [-0.2, 0) is 13.9 Å². The standard InChI is InChI=1S/C15H30O4Si/c1-11-12(16)7-9-15(11)18-13(19-15)8-10-17-20(5,6)14(2,3)4/h11-13,16H,7-10H2,1-6H3. The zero-order chi connectivity index (χ0) is 15.2. The average molecular weight is 302 g/mol. The van der Waals surface area contributed by atoms with Gasteiger partial charge in [0.05, 0.1) is 6.10 Å². The van der Waals surface area contributed by atoms with Gasteiger partial charge in [-0.2, -0.15) is 0 Å². The van der Waals surface area contributed by atoms with E-state index in [2.05, 4.69) is 33.9 Å². The van der Waals surface area contributed by atoms with E-state index in [0.717, 1.165) is 19.3 Å². The molecule has 0 radical (unpaired) electrons. The topological polar surface area (TPSA) is 47.9 Å². The van der Waals surface area contributed by atoms with Crippen LogP contribution in [0.2, 0.25) is 18.1 Å². The molecule has 2 aliphatic rings. The Morgan fingerprint density at radius 2 is 1.90 bits per heavy atom. The van der Waals surface area contributed by atoms with Gasteiger partial charge < -0.3 is 19.0 Å². The molecule has 2 fully saturated rings. The lowest BCUT2D eigenvalue weighted by Gasteiger charge is -2.48. The summed E-state index contributed by atoms with van der Waals surface area (Å²) >= 11 is 0. The maximum atomic E-state index is 9.78. The first kappa shape index (κ1) is 16.4. The molecule has 5 heteroatoms. The molecule has 1 aliphatic heterocycles. The van der Waals surface area contributed by atoms with E-state index >= 15 is 0 Å². The molecule has 0 amide bonds. The number of aliphatic hydroxyl groups is 1. The van der Waals surface area contributed by atoms with Crippen molar-refractivity contribution in [2.75, 3.05) is 6.61 Å². The van der Waals surface area contributed by atoms with Crippen molar-refractivity contribution in [2.45, 2.75) is 83.3 Å². The quantitative estimate of drug-likeness (QED) is 0.810. The van der Waals surface area contributed by atoms with Crippen LogP contribution >= 0.6 is 0 Å². The monoisotopic (exact) mass is 302 g/mol. The number of hydrogen-bond acceptors (Lipinski definition) is 4. The molecule has 0 aromatic rings. The fraction of sp³-hybridized carbons (Fsp3) is 1.00. The molecule has 118 valence electrons. The third-order valence-corrected chi connectivity index (χ3v) is 9.88. The largest absolute Gasteiger partial charge is 0.417 e. The minimum Gasteiger partial charge on any atom is -0.417 e. The SMILES string of the molecule is CC1C(O)CCC12OC(CCO[Si](C)(C)C(C)(C)C)O2. The molecular weight excluding hydrogens is 272 g/mol. The summed E-state index contributed by atoms with van der Waals surface area (Å²) in [6.45, 7) is 13.9. The number of rotatable bonds is 4. The summed E-state index contributed by atoms with van der Waals surface area (Å²) in [4.78, 5) is 0. The molecule has 1 saturated heterocycles. The van der Waals surface area contributed by atoms with Crippen LogP contribution in [0, 0.1) is 5.92 Å². The second kappa shape index (κ2) is 5.36. The van der Waals surface area contributed by atoms with Crippen LogP contribution in [0.15, 0.2) is 0 Å². The Labute approximate surface area is 123 Å². The van der Waals surface area contributed by atoms with Gasteiger partial charge in [-0.25, -0.2) is 0 Å². The predicted octanol–water partition coefficient (Wildman–Crippen LogP) is 3.26. The molecule has 1 N–H and O–H groups in total. The van der Waals surface area contributed by atoms with Crippen molar-refractivity contribution in [3.05, 3.63) is 0 Å². The van der Waals surface area contributed by atoms with Crippen LogP contribution in [0.4, 0.5) is 0 Å². The van der Waals surface area contributed by atoms with Crippen LogP contribution in [0.3, 0.4) is 0 Å². The van der Waals surface area contributed by atoms with Crippen LogP contribution in [-0.4, -0.2) is 38.2 Å². The Balaban J connectivity index is 1.71. The minimum atomic E-state index is -1.68. The molecule has 2 unspecified atom stereocenters. The van der Waals surface area contributed by atoms with E-state index in [9.17, 15) is 5.11 Å². The van der Waals surface area contributed by atoms with Crippen LogP contribution in [0.5, 0.6) is 0 Å². The Kier molecular flexibility index (Phi) is 4.40. The Hall–Kier alpha value is 0.0569. The molecule has 0 bridgehead atoms. The van der Waals surface area contributed by atoms with E-state index in [4.69, 9.17) is 13.9 Å². The highest BCUT2D eigenvalue weighted by Gasteiger charge is 2.56. The van der Waals surface area contributed by atoms with Crippen molar-refractivity contribution in [2.24, 2.45) is 5.92 Å². The highest BCUT2D eigenvalue weighted by molar-refractivity contribution is 6.74. The van der Waals surface area contributed by atoms with E-state index in [1.54, 1.807) is 0 Å². The van der Waals surface area contributed by atoms with Gasteiger partial charge in [0.2, 0.25) is 0 Å². The van der Waals surface area contributed by atoms with Crippen LogP contribution in [0.25, 0.3) is 0 Å². The fourth-order valence-corrected chi connectivity index (χ4v) is 3.71. The Morgan fingerprint density at radius 3 is 2.35 bits per heavy atom. The van der Waals surface area contributed by atoms with Gasteiger partial charge >= 0.3 is 0 Å². The van der Waals surface area contributed by atoms with Gasteiger partial charge in [0, 0.05) is 25.4 Å². The second-order valence-corrected chi connectivity index (χ2v) is 12.6. The van der Waals surface area contributed by atoms with Crippen molar-refractivity contribution in [1.82, 2.24) is 0 Å². The Bertz CT molecular complexity index is 344. The smallest absolute Gasteiger partial charge is 0.191 e. The molecule has 0 aromatic carbocycles. The Morgan fingerprint density at radius 1 is 1.30 bits per heavy atom. The van der Waals surface area contributed by atoms with E-state index in [1.165, 1.54) is 0 Å². The third kappa shape index (κ3) is 2.97.